The molecular formula is C15H31N3O. The fourth-order valence-electron chi connectivity index (χ4n) is 3.28. The summed E-state index contributed by atoms with van der Waals surface area (Å²) >= 11 is 0. The van der Waals surface area contributed by atoms with Gasteiger partial charge in [0.05, 0.1) is 6.61 Å². The Morgan fingerprint density at radius 1 is 1.37 bits per heavy atom. The van der Waals surface area contributed by atoms with Gasteiger partial charge in [-0.05, 0) is 33.4 Å². The maximum atomic E-state index is 5.58. The van der Waals surface area contributed by atoms with Gasteiger partial charge in [-0.15, -0.1) is 0 Å². The van der Waals surface area contributed by atoms with Crippen molar-refractivity contribution in [2.45, 2.75) is 38.8 Å². The highest BCUT2D eigenvalue weighted by Crippen LogP contribution is 2.19. The van der Waals surface area contributed by atoms with Gasteiger partial charge in [-0.1, -0.05) is 6.92 Å². The van der Waals surface area contributed by atoms with E-state index in [-0.39, 0.29) is 0 Å². The first-order valence-corrected chi connectivity index (χ1v) is 7.94. The first-order valence-electron chi connectivity index (χ1n) is 7.94. The Balaban J connectivity index is 1.87. The Hall–Kier alpha value is -0.160. The van der Waals surface area contributed by atoms with E-state index in [4.69, 9.17) is 4.74 Å². The van der Waals surface area contributed by atoms with Crippen molar-refractivity contribution < 1.29 is 4.74 Å². The number of nitrogens with zero attached hydrogens (tertiary/aromatic N) is 2. The third kappa shape index (κ3) is 4.42. The Bertz CT molecular complexity index is 256. The van der Waals surface area contributed by atoms with E-state index < -0.39 is 0 Å². The molecule has 112 valence electrons. The number of ether oxygens (including phenoxy) is 1. The molecule has 3 unspecified atom stereocenters. The molecule has 0 aliphatic carbocycles. The van der Waals surface area contributed by atoms with Crippen molar-refractivity contribution in [3.05, 3.63) is 0 Å². The number of likely N-dealkylation sites (N-methyl/N-ethyl adjacent to an activating group) is 1. The summed E-state index contributed by atoms with van der Waals surface area (Å²) < 4.78 is 5.58. The van der Waals surface area contributed by atoms with Crippen molar-refractivity contribution in [3.63, 3.8) is 0 Å². The molecule has 0 aromatic rings. The number of piperazine rings is 1. The Morgan fingerprint density at radius 3 is 2.84 bits per heavy atom. The fourth-order valence-corrected chi connectivity index (χ4v) is 3.28. The first kappa shape index (κ1) is 15.2. The quantitative estimate of drug-likeness (QED) is 0.779. The minimum absolute atomic E-state index is 0.605. The molecule has 19 heavy (non-hydrogen) atoms. The van der Waals surface area contributed by atoms with Crippen molar-refractivity contribution in [1.82, 2.24) is 15.1 Å². The molecule has 0 aromatic carbocycles. The van der Waals surface area contributed by atoms with Crippen LogP contribution in [0.25, 0.3) is 0 Å². The van der Waals surface area contributed by atoms with Crippen LogP contribution in [0.2, 0.25) is 0 Å². The lowest BCUT2D eigenvalue weighted by atomic mass is 9.97. The third-order valence-electron chi connectivity index (χ3n) is 4.59. The van der Waals surface area contributed by atoms with Crippen LogP contribution in [-0.4, -0.2) is 74.9 Å². The van der Waals surface area contributed by atoms with E-state index in [1.807, 2.05) is 0 Å². The van der Waals surface area contributed by atoms with Crippen LogP contribution in [0.1, 0.15) is 26.7 Å². The number of nitrogens with one attached hydrogen (secondary N) is 1. The topological polar surface area (TPSA) is 27.7 Å². The summed E-state index contributed by atoms with van der Waals surface area (Å²) in [5.41, 5.74) is 0. The second-order valence-corrected chi connectivity index (χ2v) is 6.29. The number of hydrogen-bond acceptors (Lipinski definition) is 4. The second kappa shape index (κ2) is 7.58. The van der Waals surface area contributed by atoms with Gasteiger partial charge < -0.3 is 15.0 Å². The van der Waals surface area contributed by atoms with Crippen molar-refractivity contribution >= 4 is 0 Å². The Morgan fingerprint density at radius 2 is 2.21 bits per heavy atom. The largest absolute Gasteiger partial charge is 0.381 e. The maximum Gasteiger partial charge on any atom is 0.0510 e. The average molecular weight is 269 g/mol. The van der Waals surface area contributed by atoms with E-state index >= 15 is 0 Å². The van der Waals surface area contributed by atoms with Crippen LogP contribution in [0.5, 0.6) is 0 Å². The smallest absolute Gasteiger partial charge is 0.0510 e. The highest BCUT2D eigenvalue weighted by molar-refractivity contribution is 4.86. The van der Waals surface area contributed by atoms with E-state index in [9.17, 15) is 0 Å². The molecule has 2 saturated heterocycles. The van der Waals surface area contributed by atoms with Crippen LogP contribution in [0, 0.1) is 5.92 Å². The van der Waals surface area contributed by atoms with E-state index in [0.29, 0.717) is 18.0 Å². The standard InChI is InChI=1S/C15H31N3O/c1-4-6-16-15(14-5-9-19-12-14)11-18-8-7-17(3)10-13(18)2/h13-16H,4-12H2,1-3H3. The predicted octanol–water partition coefficient (Wildman–Crippen LogP) is 1.03. The molecule has 4 heteroatoms. The molecule has 0 bridgehead atoms. The molecule has 2 aliphatic heterocycles. The van der Waals surface area contributed by atoms with E-state index in [2.05, 4.69) is 36.0 Å². The zero-order chi connectivity index (χ0) is 13.7. The van der Waals surface area contributed by atoms with Gasteiger partial charge in [-0.25, -0.2) is 0 Å². The van der Waals surface area contributed by atoms with Crippen molar-refractivity contribution in [2.75, 3.05) is 53.0 Å². The summed E-state index contributed by atoms with van der Waals surface area (Å²) in [6, 6.07) is 1.28. The monoisotopic (exact) mass is 269 g/mol. The summed E-state index contributed by atoms with van der Waals surface area (Å²) in [5.74, 6) is 0.707. The van der Waals surface area contributed by atoms with Gasteiger partial charge in [-0.3, -0.25) is 4.90 Å². The zero-order valence-electron chi connectivity index (χ0n) is 12.9. The summed E-state index contributed by atoms with van der Waals surface area (Å²) in [6.45, 7) is 12.4. The second-order valence-electron chi connectivity index (χ2n) is 6.29. The van der Waals surface area contributed by atoms with E-state index in [1.54, 1.807) is 0 Å². The van der Waals surface area contributed by atoms with Crippen LogP contribution in [0.3, 0.4) is 0 Å². The normalized spacial score (nSPS) is 31.7. The number of rotatable bonds is 6. The lowest BCUT2D eigenvalue weighted by molar-refractivity contribution is 0.0794. The van der Waals surface area contributed by atoms with E-state index in [0.717, 1.165) is 19.8 Å². The molecule has 2 fully saturated rings. The highest BCUT2D eigenvalue weighted by Gasteiger charge is 2.30. The van der Waals surface area contributed by atoms with Gasteiger partial charge >= 0.3 is 0 Å². The van der Waals surface area contributed by atoms with Crippen LogP contribution in [0.4, 0.5) is 0 Å². The minimum atomic E-state index is 0.605. The van der Waals surface area contributed by atoms with Crippen molar-refractivity contribution in [1.29, 1.82) is 0 Å². The summed E-state index contributed by atoms with van der Waals surface area (Å²) in [5, 5.41) is 3.76. The van der Waals surface area contributed by atoms with Crippen LogP contribution < -0.4 is 5.32 Å². The fraction of sp³-hybridized carbons (Fsp3) is 1.00. The molecular weight excluding hydrogens is 238 g/mol. The molecule has 0 amide bonds. The van der Waals surface area contributed by atoms with Gasteiger partial charge in [0, 0.05) is 50.8 Å². The molecule has 2 aliphatic rings. The molecule has 0 aromatic heterocycles. The lowest BCUT2D eigenvalue weighted by Crippen LogP contribution is -2.55. The van der Waals surface area contributed by atoms with Crippen molar-refractivity contribution in [3.8, 4) is 0 Å². The van der Waals surface area contributed by atoms with Crippen LogP contribution in [0.15, 0.2) is 0 Å². The molecule has 2 heterocycles. The van der Waals surface area contributed by atoms with Crippen LogP contribution in [-0.2, 0) is 4.74 Å². The highest BCUT2D eigenvalue weighted by atomic mass is 16.5. The first-order chi connectivity index (χ1) is 9.20. The predicted molar refractivity (Wildman–Crippen MR) is 79.5 cm³/mol. The molecule has 0 radical (unpaired) electrons. The van der Waals surface area contributed by atoms with Gasteiger partial charge in [-0.2, -0.15) is 0 Å². The summed E-state index contributed by atoms with van der Waals surface area (Å²) in [4.78, 5) is 5.10. The van der Waals surface area contributed by atoms with Crippen molar-refractivity contribution in [2.24, 2.45) is 5.92 Å². The molecule has 0 spiro atoms. The average Bonchev–Trinajstić information content (AvgIpc) is 2.90. The Labute approximate surface area is 118 Å². The molecule has 2 rings (SSSR count). The summed E-state index contributed by atoms with van der Waals surface area (Å²) in [7, 11) is 2.23. The molecule has 1 N–H and O–H groups in total. The maximum absolute atomic E-state index is 5.58. The van der Waals surface area contributed by atoms with Gasteiger partial charge in [0.2, 0.25) is 0 Å². The number of hydrogen-bond donors (Lipinski definition) is 1. The lowest BCUT2D eigenvalue weighted by Gasteiger charge is -2.41. The minimum Gasteiger partial charge on any atom is -0.381 e. The molecule has 0 saturated carbocycles. The van der Waals surface area contributed by atoms with Gasteiger partial charge in [0.1, 0.15) is 0 Å². The zero-order valence-corrected chi connectivity index (χ0v) is 12.9. The third-order valence-corrected chi connectivity index (χ3v) is 4.59. The van der Waals surface area contributed by atoms with Gasteiger partial charge in [0.25, 0.3) is 0 Å². The summed E-state index contributed by atoms with van der Waals surface area (Å²) in [6.07, 6.45) is 2.44. The molecule has 3 atom stereocenters. The molecule has 4 nitrogen and oxygen atoms in total. The van der Waals surface area contributed by atoms with E-state index in [1.165, 1.54) is 39.0 Å². The SMILES string of the molecule is CCCNC(CN1CCN(C)CC1C)C1CCOC1. The Kier molecular flexibility index (Phi) is 6.07. The van der Waals surface area contributed by atoms with Gasteiger partial charge in [0.15, 0.2) is 0 Å². The van der Waals surface area contributed by atoms with Crippen LogP contribution >= 0.6 is 0 Å².